The van der Waals surface area contributed by atoms with Gasteiger partial charge in [-0.25, -0.2) is 4.63 Å². The number of halogens is 3. The van der Waals surface area contributed by atoms with Gasteiger partial charge >= 0.3 is 12.1 Å². The number of nitrogens with zero attached hydrogens (tertiary/aromatic N) is 4. The summed E-state index contributed by atoms with van der Waals surface area (Å²) in [6.07, 6.45) is -4.06. The number of hydrogen-bond donors (Lipinski definition) is 2. The fourth-order valence-corrected chi connectivity index (χ4v) is 5.67. The van der Waals surface area contributed by atoms with Crippen molar-refractivity contribution in [1.82, 2.24) is 25.1 Å². The van der Waals surface area contributed by atoms with Crippen LogP contribution in [-0.4, -0.2) is 57.4 Å². The predicted molar refractivity (Wildman–Crippen MR) is 166 cm³/mol. The van der Waals surface area contributed by atoms with E-state index in [2.05, 4.69) is 15.6 Å². The van der Waals surface area contributed by atoms with Crippen LogP contribution < -0.4 is 10.9 Å². The summed E-state index contributed by atoms with van der Waals surface area (Å²) in [5, 5.41) is 20.7. The molecule has 2 aromatic carbocycles. The number of carbonyl (C=O) groups is 2. The van der Waals surface area contributed by atoms with Crippen LogP contribution in [0, 0.1) is 19.8 Å². The lowest BCUT2D eigenvalue weighted by Gasteiger charge is -2.26. The summed E-state index contributed by atoms with van der Waals surface area (Å²) in [6, 6.07) is 7.32. The number of alkyl halides is 3. The molecule has 0 spiro atoms. The van der Waals surface area contributed by atoms with Crippen LogP contribution in [0.15, 0.2) is 52.0 Å². The average molecular weight is 642 g/mol. The Morgan fingerprint density at radius 3 is 2.35 bits per heavy atom. The van der Waals surface area contributed by atoms with E-state index in [0.29, 0.717) is 28.2 Å². The van der Waals surface area contributed by atoms with Gasteiger partial charge in [0.2, 0.25) is 5.91 Å². The van der Waals surface area contributed by atoms with Crippen molar-refractivity contribution in [1.29, 1.82) is 0 Å². The van der Waals surface area contributed by atoms with Gasteiger partial charge in [0.25, 0.3) is 5.56 Å². The van der Waals surface area contributed by atoms with Crippen LogP contribution in [0.5, 0.6) is 0 Å². The van der Waals surface area contributed by atoms with Crippen molar-refractivity contribution >= 4 is 22.9 Å². The Labute approximate surface area is 264 Å². The van der Waals surface area contributed by atoms with E-state index in [9.17, 15) is 32.7 Å². The maximum Gasteiger partial charge on any atom is 0.416 e. The normalized spacial score (nSPS) is 13.4. The first kappa shape index (κ1) is 34.4. The molecule has 13 heteroatoms. The van der Waals surface area contributed by atoms with Gasteiger partial charge in [-0.15, -0.1) is 0 Å². The molecule has 0 unspecified atom stereocenters. The molecule has 0 fully saturated rings. The van der Waals surface area contributed by atoms with Gasteiger partial charge < -0.3 is 19.9 Å². The molecule has 4 rings (SSSR count). The first-order valence-corrected chi connectivity index (χ1v) is 14.9. The van der Waals surface area contributed by atoms with Crippen molar-refractivity contribution < 1.29 is 32.5 Å². The lowest BCUT2D eigenvalue weighted by Crippen LogP contribution is -2.40. The van der Waals surface area contributed by atoms with Gasteiger partial charge in [0.15, 0.2) is 0 Å². The fraction of sp³-hybridized carbons (Fsp3) is 0.424. The second kappa shape index (κ2) is 13.9. The molecule has 0 aliphatic carbocycles. The SMILES string of the molecule is Cc1cccc(C)c1-c1cc([C@@H](CC(=O)O)NC(=O)[C@@H](CC(C)C)n2cc(CCN(C)C)c(C(F)(F)F)cc2=O)cc2nonc12. The highest BCUT2D eigenvalue weighted by atomic mass is 19.4. The third-order valence-corrected chi connectivity index (χ3v) is 7.86. The van der Waals surface area contributed by atoms with Gasteiger partial charge in [0, 0.05) is 24.4 Å². The van der Waals surface area contributed by atoms with Crippen molar-refractivity contribution in [3.05, 3.63) is 80.8 Å². The number of benzene rings is 2. The summed E-state index contributed by atoms with van der Waals surface area (Å²) in [5.41, 5.74) is 2.43. The number of aromatic nitrogens is 3. The zero-order valence-electron chi connectivity index (χ0n) is 26.6. The van der Waals surface area contributed by atoms with Crippen molar-refractivity contribution in [2.45, 2.75) is 65.2 Å². The number of carbonyl (C=O) groups excluding carboxylic acids is 1. The number of amides is 1. The van der Waals surface area contributed by atoms with E-state index in [1.807, 2.05) is 45.9 Å². The molecule has 2 heterocycles. The lowest BCUT2D eigenvalue weighted by molar-refractivity contribution is -0.139. The number of rotatable bonds is 12. The number of aryl methyl sites for hydroxylation is 2. The third-order valence-electron chi connectivity index (χ3n) is 7.86. The highest BCUT2D eigenvalue weighted by Gasteiger charge is 2.36. The van der Waals surface area contributed by atoms with Gasteiger partial charge in [-0.3, -0.25) is 14.4 Å². The maximum absolute atomic E-state index is 14.0. The Morgan fingerprint density at radius 2 is 1.76 bits per heavy atom. The molecule has 0 aliphatic rings. The van der Waals surface area contributed by atoms with Crippen molar-refractivity contribution in [3.63, 3.8) is 0 Å². The molecule has 0 saturated carbocycles. The first-order chi connectivity index (χ1) is 21.6. The average Bonchev–Trinajstić information content (AvgIpc) is 3.43. The van der Waals surface area contributed by atoms with E-state index in [-0.39, 0.29) is 30.9 Å². The Balaban J connectivity index is 1.81. The van der Waals surface area contributed by atoms with Crippen LogP contribution in [0.3, 0.4) is 0 Å². The molecule has 1 amide bonds. The van der Waals surface area contributed by atoms with E-state index >= 15 is 0 Å². The minimum atomic E-state index is -4.76. The molecule has 2 N–H and O–H groups in total. The summed E-state index contributed by atoms with van der Waals surface area (Å²) in [4.78, 5) is 40.9. The van der Waals surface area contributed by atoms with Crippen LogP contribution >= 0.6 is 0 Å². The van der Waals surface area contributed by atoms with Crippen LogP contribution in [0.25, 0.3) is 22.2 Å². The monoisotopic (exact) mass is 641 g/mol. The third kappa shape index (κ3) is 7.82. The van der Waals surface area contributed by atoms with E-state index in [4.69, 9.17) is 4.63 Å². The number of aliphatic carboxylic acids is 1. The molecule has 0 aliphatic heterocycles. The largest absolute Gasteiger partial charge is 0.481 e. The fourth-order valence-electron chi connectivity index (χ4n) is 5.67. The van der Waals surface area contributed by atoms with Crippen LogP contribution in [-0.2, 0) is 22.2 Å². The zero-order chi connectivity index (χ0) is 33.9. The highest BCUT2D eigenvalue weighted by Crippen LogP contribution is 2.36. The number of pyridine rings is 1. The number of nitrogens with one attached hydrogen (secondary N) is 1. The second-order valence-corrected chi connectivity index (χ2v) is 12.3. The maximum atomic E-state index is 14.0. The number of hydrogen-bond acceptors (Lipinski definition) is 7. The molecule has 10 nitrogen and oxygen atoms in total. The zero-order valence-corrected chi connectivity index (χ0v) is 26.6. The van der Waals surface area contributed by atoms with E-state index in [0.717, 1.165) is 27.5 Å². The molecule has 4 aromatic rings. The number of likely N-dealkylation sites (N-methyl/N-ethyl adjacent to an activating group) is 1. The van der Waals surface area contributed by atoms with Crippen LogP contribution in [0.4, 0.5) is 13.2 Å². The smallest absolute Gasteiger partial charge is 0.416 e. The van der Waals surface area contributed by atoms with Crippen molar-refractivity contribution in [3.8, 4) is 11.1 Å². The van der Waals surface area contributed by atoms with Crippen LogP contribution in [0.2, 0.25) is 0 Å². The Kier molecular flexibility index (Phi) is 10.3. The summed E-state index contributed by atoms with van der Waals surface area (Å²) in [5.74, 6) is -2.04. The van der Waals surface area contributed by atoms with E-state index < -0.39 is 47.7 Å². The van der Waals surface area contributed by atoms with Gasteiger partial charge in [0.1, 0.15) is 17.1 Å². The lowest BCUT2D eigenvalue weighted by atomic mass is 9.91. The molecule has 0 saturated heterocycles. The predicted octanol–water partition coefficient (Wildman–Crippen LogP) is 5.71. The van der Waals surface area contributed by atoms with Crippen molar-refractivity contribution in [2.75, 3.05) is 20.6 Å². The molecule has 2 atom stereocenters. The minimum absolute atomic E-state index is 0.00732. The Bertz CT molecular complexity index is 1770. The van der Waals surface area contributed by atoms with Gasteiger partial charge in [0.05, 0.1) is 18.0 Å². The molecule has 2 aromatic heterocycles. The van der Waals surface area contributed by atoms with Crippen molar-refractivity contribution in [2.24, 2.45) is 5.92 Å². The molecule has 46 heavy (non-hydrogen) atoms. The quantitative estimate of drug-likeness (QED) is 0.201. The Hall–Kier alpha value is -4.52. The summed E-state index contributed by atoms with van der Waals surface area (Å²) in [6.45, 7) is 7.77. The highest BCUT2D eigenvalue weighted by molar-refractivity contribution is 5.94. The minimum Gasteiger partial charge on any atom is -0.481 e. The second-order valence-electron chi connectivity index (χ2n) is 12.3. The standard InChI is InChI=1S/C33H38F3N5O5/c1-18(2)12-27(41-17-21(10-11-40(5)6)24(15-28(41)42)33(34,35)36)32(45)37-25(16-29(43)44)22-13-23(31-26(14-22)38-46-39-31)30-19(3)8-7-9-20(30)4/h7-9,13-15,17-18,25,27H,10-12,16H2,1-6H3,(H,37,45)(H,43,44)/t25-,27-/m1/s1. The van der Waals surface area contributed by atoms with E-state index in [1.54, 1.807) is 31.1 Å². The van der Waals surface area contributed by atoms with E-state index in [1.165, 1.54) is 0 Å². The van der Waals surface area contributed by atoms with Gasteiger partial charge in [-0.2, -0.15) is 13.2 Å². The topological polar surface area (TPSA) is 131 Å². The molecule has 0 radical (unpaired) electrons. The summed E-state index contributed by atoms with van der Waals surface area (Å²) < 4.78 is 47.8. The molecule has 246 valence electrons. The first-order valence-electron chi connectivity index (χ1n) is 14.9. The van der Waals surface area contributed by atoms with Gasteiger partial charge in [-0.05, 0) is 97.0 Å². The molecular formula is C33H38F3N5O5. The molecule has 0 bridgehead atoms. The van der Waals surface area contributed by atoms with Gasteiger partial charge in [-0.1, -0.05) is 32.0 Å². The summed E-state index contributed by atoms with van der Waals surface area (Å²) in [7, 11) is 3.44. The number of fused-ring (bicyclic) bond motifs is 1. The summed E-state index contributed by atoms with van der Waals surface area (Å²) >= 11 is 0. The number of carboxylic acids is 1. The van der Waals surface area contributed by atoms with Crippen LogP contribution in [0.1, 0.15) is 66.6 Å². The molecular weight excluding hydrogens is 603 g/mol. The Morgan fingerprint density at radius 1 is 1.09 bits per heavy atom. The number of carboxylic acid groups (broad SMARTS) is 1.